The molecule has 0 saturated heterocycles. The first-order valence-electron chi connectivity index (χ1n) is 12.2. The van der Waals surface area contributed by atoms with E-state index in [4.69, 9.17) is 28.3 Å². The lowest BCUT2D eigenvalue weighted by Crippen LogP contribution is -2.33. The number of hydrogen-bond acceptors (Lipinski definition) is 6. The number of amides is 1. The zero-order valence-corrected chi connectivity index (χ0v) is 22.2. The van der Waals surface area contributed by atoms with Crippen LogP contribution in [0.4, 0.5) is 11.4 Å². The van der Waals surface area contributed by atoms with Gasteiger partial charge in [-0.3, -0.25) is 25.0 Å². The molecule has 3 aromatic carbocycles. The molecule has 0 radical (unpaired) electrons. The lowest BCUT2D eigenvalue weighted by Gasteiger charge is -2.32. The van der Waals surface area contributed by atoms with E-state index in [0.29, 0.717) is 10.0 Å². The molecule has 9 nitrogen and oxygen atoms in total. The van der Waals surface area contributed by atoms with E-state index in [1.807, 2.05) is 30.3 Å². The standard InChI is InChI=1S/C28H22Cl2N4O5/c1-16-10-19(12-17-2-6-21(29)7-3-17)26-25(11-16)27(18-4-8-22(30)9-5-18)32(31-26)28(35)20-13-23(33(36)37)15-24(14-20)34(38)39/h2-9,12-16,25,27H,10-11H2,1H3/b19-12+/t16-,25+,27+/m1/s1. The Kier molecular flexibility index (Phi) is 7.20. The summed E-state index contributed by atoms with van der Waals surface area (Å²) < 4.78 is 0. The number of nitrogens with zero attached hydrogens (tertiary/aromatic N) is 4. The van der Waals surface area contributed by atoms with Crippen LogP contribution in [0.25, 0.3) is 6.08 Å². The highest BCUT2D eigenvalue weighted by Gasteiger charge is 2.45. The molecule has 0 N–H and O–H groups in total. The Balaban J connectivity index is 1.63. The van der Waals surface area contributed by atoms with Gasteiger partial charge in [-0.2, -0.15) is 5.10 Å². The second-order valence-electron chi connectivity index (χ2n) is 9.76. The Bertz CT molecular complexity index is 1500. The maximum Gasteiger partial charge on any atom is 0.277 e. The molecule has 0 aromatic heterocycles. The maximum atomic E-state index is 13.9. The lowest BCUT2D eigenvalue weighted by atomic mass is 9.73. The Morgan fingerprint density at radius 3 is 2.08 bits per heavy atom. The van der Waals surface area contributed by atoms with E-state index in [2.05, 4.69) is 6.92 Å². The summed E-state index contributed by atoms with van der Waals surface area (Å²) in [5, 5.41) is 30.2. The van der Waals surface area contributed by atoms with Crippen molar-refractivity contribution in [2.24, 2.45) is 16.9 Å². The molecule has 3 aromatic rings. The predicted octanol–water partition coefficient (Wildman–Crippen LogP) is 7.49. The van der Waals surface area contributed by atoms with Gasteiger partial charge >= 0.3 is 0 Å². The number of hydrazone groups is 1. The molecule has 1 amide bonds. The van der Waals surface area contributed by atoms with Gasteiger partial charge in [0.1, 0.15) is 0 Å². The maximum absolute atomic E-state index is 13.9. The largest absolute Gasteiger partial charge is 0.277 e. The summed E-state index contributed by atoms with van der Waals surface area (Å²) in [6, 6.07) is 16.9. The number of carbonyl (C=O) groups is 1. The number of halogens is 2. The zero-order valence-electron chi connectivity index (χ0n) is 20.7. The third-order valence-electron chi connectivity index (χ3n) is 6.97. The number of benzene rings is 3. The summed E-state index contributed by atoms with van der Waals surface area (Å²) in [6.07, 6.45) is 3.53. The highest BCUT2D eigenvalue weighted by Crippen LogP contribution is 2.47. The second-order valence-corrected chi connectivity index (χ2v) is 10.6. The van der Waals surface area contributed by atoms with E-state index >= 15 is 0 Å². The molecule has 5 rings (SSSR count). The van der Waals surface area contributed by atoms with Crippen LogP contribution in [-0.2, 0) is 0 Å². The second kappa shape index (κ2) is 10.6. The van der Waals surface area contributed by atoms with Crippen molar-refractivity contribution in [2.45, 2.75) is 25.8 Å². The first-order chi connectivity index (χ1) is 18.6. The van der Waals surface area contributed by atoms with E-state index in [-0.39, 0.29) is 17.4 Å². The molecule has 198 valence electrons. The van der Waals surface area contributed by atoms with Crippen molar-refractivity contribution in [1.82, 2.24) is 5.01 Å². The van der Waals surface area contributed by atoms with Gasteiger partial charge in [0, 0.05) is 28.1 Å². The van der Waals surface area contributed by atoms with Crippen molar-refractivity contribution >= 4 is 52.3 Å². The minimum atomic E-state index is -0.759. The molecule has 0 unspecified atom stereocenters. The monoisotopic (exact) mass is 564 g/mol. The zero-order chi connectivity index (χ0) is 27.8. The molecule has 1 fully saturated rings. The molecule has 1 saturated carbocycles. The highest BCUT2D eigenvalue weighted by molar-refractivity contribution is 6.30. The molecule has 11 heteroatoms. The number of rotatable bonds is 5. The van der Waals surface area contributed by atoms with Crippen LogP contribution < -0.4 is 0 Å². The Labute approximate surface area is 233 Å². The summed E-state index contributed by atoms with van der Waals surface area (Å²) in [5.41, 5.74) is 2.17. The van der Waals surface area contributed by atoms with Crippen LogP contribution in [0, 0.1) is 32.1 Å². The van der Waals surface area contributed by atoms with Gasteiger partial charge in [0.2, 0.25) is 0 Å². The number of nitro groups is 2. The van der Waals surface area contributed by atoms with E-state index in [1.54, 1.807) is 24.3 Å². The van der Waals surface area contributed by atoms with Gasteiger partial charge in [-0.05, 0) is 65.8 Å². The molecule has 1 aliphatic heterocycles. The Morgan fingerprint density at radius 1 is 0.949 bits per heavy atom. The smallest absolute Gasteiger partial charge is 0.267 e. The van der Waals surface area contributed by atoms with Crippen molar-refractivity contribution in [3.63, 3.8) is 0 Å². The summed E-state index contributed by atoms with van der Waals surface area (Å²) in [7, 11) is 0. The fraction of sp³-hybridized carbons (Fsp3) is 0.214. The van der Waals surface area contributed by atoms with Gasteiger partial charge in [0.05, 0.1) is 33.2 Å². The van der Waals surface area contributed by atoms with Gasteiger partial charge in [0.15, 0.2) is 0 Å². The third-order valence-corrected chi connectivity index (χ3v) is 7.47. The topological polar surface area (TPSA) is 119 Å². The molecule has 0 bridgehead atoms. The number of fused-ring (bicyclic) bond motifs is 1. The van der Waals surface area contributed by atoms with Crippen molar-refractivity contribution in [2.75, 3.05) is 0 Å². The summed E-state index contributed by atoms with van der Waals surface area (Å²) in [5.74, 6) is -0.537. The SMILES string of the molecule is C[C@@H]1C/C(=C\c2ccc(Cl)cc2)C2=NN(C(=O)c3cc([N+](=O)[O-])cc([N+](=O)[O-])c3)[C@@H](c3ccc(Cl)cc3)[C@H]2C1. The summed E-state index contributed by atoms with van der Waals surface area (Å²) in [4.78, 5) is 35.3. The highest BCUT2D eigenvalue weighted by atomic mass is 35.5. The molecule has 1 heterocycles. The van der Waals surface area contributed by atoms with Crippen molar-refractivity contribution < 1.29 is 14.6 Å². The molecule has 2 aliphatic rings. The lowest BCUT2D eigenvalue weighted by molar-refractivity contribution is -0.394. The van der Waals surface area contributed by atoms with Crippen LogP contribution in [0.1, 0.15) is 47.3 Å². The average Bonchev–Trinajstić information content (AvgIpc) is 3.29. The quantitative estimate of drug-likeness (QED) is 0.235. The van der Waals surface area contributed by atoms with Crippen molar-refractivity contribution in [3.05, 3.63) is 119 Å². The fourth-order valence-electron chi connectivity index (χ4n) is 5.27. The van der Waals surface area contributed by atoms with Crippen LogP contribution in [0.2, 0.25) is 10.0 Å². The minimum Gasteiger partial charge on any atom is -0.267 e. The number of hydrogen-bond donors (Lipinski definition) is 0. The molecular formula is C28H22Cl2N4O5. The van der Waals surface area contributed by atoms with E-state index in [9.17, 15) is 25.0 Å². The molecule has 0 spiro atoms. The van der Waals surface area contributed by atoms with Crippen molar-refractivity contribution in [1.29, 1.82) is 0 Å². The fourth-order valence-corrected chi connectivity index (χ4v) is 5.52. The van der Waals surface area contributed by atoms with E-state index < -0.39 is 33.2 Å². The van der Waals surface area contributed by atoms with Gasteiger partial charge in [-0.25, -0.2) is 5.01 Å². The Hall–Kier alpha value is -4.08. The van der Waals surface area contributed by atoms with Crippen LogP contribution in [0.3, 0.4) is 0 Å². The van der Waals surface area contributed by atoms with Gasteiger partial charge < -0.3 is 0 Å². The molecule has 1 aliphatic carbocycles. The number of allylic oxidation sites excluding steroid dienone is 1. The van der Waals surface area contributed by atoms with Crippen LogP contribution in [-0.4, -0.2) is 26.5 Å². The van der Waals surface area contributed by atoms with Gasteiger partial charge in [-0.1, -0.05) is 54.4 Å². The number of carbonyl (C=O) groups excluding carboxylic acids is 1. The van der Waals surface area contributed by atoms with E-state index in [1.165, 1.54) is 5.01 Å². The molecular weight excluding hydrogens is 543 g/mol. The number of non-ortho nitro benzene ring substituents is 2. The van der Waals surface area contributed by atoms with Crippen LogP contribution in [0.15, 0.2) is 77.4 Å². The Morgan fingerprint density at radius 2 is 1.51 bits per heavy atom. The van der Waals surface area contributed by atoms with Crippen LogP contribution >= 0.6 is 23.2 Å². The molecule has 39 heavy (non-hydrogen) atoms. The molecule has 3 atom stereocenters. The van der Waals surface area contributed by atoms with Crippen LogP contribution in [0.5, 0.6) is 0 Å². The number of nitro benzene ring substituents is 2. The summed E-state index contributed by atoms with van der Waals surface area (Å²) >= 11 is 12.2. The van der Waals surface area contributed by atoms with Gasteiger partial charge in [0.25, 0.3) is 17.3 Å². The predicted molar refractivity (Wildman–Crippen MR) is 149 cm³/mol. The first-order valence-corrected chi connectivity index (χ1v) is 12.9. The first kappa shape index (κ1) is 26.5. The minimum absolute atomic E-state index is 0.161. The average molecular weight is 565 g/mol. The normalized spacial score (nSPS) is 21.4. The van der Waals surface area contributed by atoms with Gasteiger partial charge in [-0.15, -0.1) is 0 Å². The third kappa shape index (κ3) is 5.41. The summed E-state index contributed by atoms with van der Waals surface area (Å²) in [6.45, 7) is 2.14. The van der Waals surface area contributed by atoms with Crippen molar-refractivity contribution in [3.8, 4) is 0 Å². The van der Waals surface area contributed by atoms with E-state index in [0.717, 1.165) is 53.5 Å².